The molecule has 5 rings (SSSR count). The van der Waals surface area contributed by atoms with Crippen LogP contribution in [0.2, 0.25) is 5.02 Å². The number of aryl methyl sites for hydroxylation is 2. The molecule has 0 radical (unpaired) electrons. The first-order valence-electron chi connectivity index (χ1n) is 14.5. The van der Waals surface area contributed by atoms with Crippen LogP contribution in [0.4, 0.5) is 5.69 Å². The number of carbonyl (C=O) groups is 2. The Balaban J connectivity index is 1.11. The van der Waals surface area contributed by atoms with Crippen LogP contribution in [0, 0.1) is 13.8 Å². The molecule has 11 heteroatoms. The van der Waals surface area contributed by atoms with E-state index >= 15 is 0 Å². The lowest BCUT2D eigenvalue weighted by Gasteiger charge is -2.12. The number of halogens is 1. The number of furan rings is 1. The molecule has 0 atom stereocenters. The van der Waals surface area contributed by atoms with Gasteiger partial charge in [-0.3, -0.25) is 9.59 Å². The highest BCUT2D eigenvalue weighted by atomic mass is 35.5. The summed E-state index contributed by atoms with van der Waals surface area (Å²) < 4.78 is 25.0. The van der Waals surface area contributed by atoms with Crippen LogP contribution in [0.15, 0.2) is 101 Å². The Hall–Kier alpha value is -5.48. The van der Waals surface area contributed by atoms with E-state index < -0.39 is 5.91 Å². The molecule has 2 aromatic heterocycles. The molecule has 0 unspecified atom stereocenters. The van der Waals surface area contributed by atoms with Crippen LogP contribution in [0.1, 0.15) is 40.2 Å². The van der Waals surface area contributed by atoms with Crippen molar-refractivity contribution in [2.75, 3.05) is 18.5 Å². The average Bonchev–Trinajstić information content (AvgIpc) is 3.67. The number of nitrogens with zero attached hydrogens (tertiary/aromatic N) is 2. The molecule has 2 N–H and O–H groups in total. The van der Waals surface area contributed by atoms with Gasteiger partial charge < -0.3 is 28.5 Å². The lowest BCUT2D eigenvalue weighted by atomic mass is 10.2. The van der Waals surface area contributed by atoms with E-state index in [2.05, 4.69) is 46.4 Å². The first kappa shape index (κ1) is 31.9. The molecule has 0 aliphatic carbocycles. The summed E-state index contributed by atoms with van der Waals surface area (Å²) in [6.45, 7) is 6.29. The van der Waals surface area contributed by atoms with Crippen LogP contribution in [0.25, 0.3) is 5.69 Å². The number of hydrazone groups is 1. The van der Waals surface area contributed by atoms with Gasteiger partial charge in [-0.25, -0.2) is 5.43 Å². The molecule has 2 amide bonds. The van der Waals surface area contributed by atoms with E-state index in [1.807, 2.05) is 31.2 Å². The van der Waals surface area contributed by atoms with Crippen molar-refractivity contribution in [3.8, 4) is 22.9 Å². The number of hydrogen-bond acceptors (Lipinski definition) is 7. The standard InChI is InChI=1S/C35H33ClN4O6/c1-4-43-33-19-25(7-17-31(33)45-22-34(41)38-27-10-8-26(36)9-11-27)20-37-39-35(42)32-18-16-30(46-32)21-44-29-14-12-28(13-15-29)40-23(2)5-6-24(40)3/h5-20H,4,21-22H2,1-3H3,(H,38,41)(H,39,42)/b37-20+. The summed E-state index contributed by atoms with van der Waals surface area (Å²) in [5.41, 5.74) is 7.07. The van der Waals surface area contributed by atoms with Crippen molar-refractivity contribution in [1.29, 1.82) is 0 Å². The summed E-state index contributed by atoms with van der Waals surface area (Å²) in [6, 6.07) is 27.0. The fraction of sp³-hybridized carbons (Fsp3) is 0.171. The highest BCUT2D eigenvalue weighted by Crippen LogP contribution is 2.28. The van der Waals surface area contributed by atoms with Gasteiger partial charge >= 0.3 is 5.91 Å². The molecule has 0 saturated carbocycles. The molecule has 0 saturated heterocycles. The van der Waals surface area contributed by atoms with E-state index in [0.717, 1.165) is 17.1 Å². The monoisotopic (exact) mass is 640 g/mol. The zero-order valence-electron chi connectivity index (χ0n) is 25.6. The molecule has 0 spiro atoms. The summed E-state index contributed by atoms with van der Waals surface area (Å²) in [5.74, 6) is 1.25. The number of amides is 2. The van der Waals surface area contributed by atoms with Gasteiger partial charge in [-0.1, -0.05) is 11.6 Å². The molecule has 0 aliphatic heterocycles. The van der Waals surface area contributed by atoms with Crippen LogP contribution < -0.4 is 25.0 Å². The number of aromatic nitrogens is 1. The van der Waals surface area contributed by atoms with Gasteiger partial charge in [-0.2, -0.15) is 5.10 Å². The molecule has 0 fully saturated rings. The summed E-state index contributed by atoms with van der Waals surface area (Å²) >= 11 is 5.88. The Morgan fingerprint density at radius 3 is 2.33 bits per heavy atom. The summed E-state index contributed by atoms with van der Waals surface area (Å²) in [4.78, 5) is 24.9. The maximum atomic E-state index is 12.6. The third-order valence-corrected chi connectivity index (χ3v) is 7.02. The highest BCUT2D eigenvalue weighted by molar-refractivity contribution is 6.30. The van der Waals surface area contributed by atoms with Crippen molar-refractivity contribution in [3.63, 3.8) is 0 Å². The van der Waals surface area contributed by atoms with Gasteiger partial charge in [-0.15, -0.1) is 0 Å². The van der Waals surface area contributed by atoms with Crippen LogP contribution >= 0.6 is 11.6 Å². The molecule has 2 heterocycles. The van der Waals surface area contributed by atoms with Gasteiger partial charge in [0.15, 0.2) is 23.9 Å². The number of benzene rings is 3. The van der Waals surface area contributed by atoms with Crippen molar-refractivity contribution in [2.24, 2.45) is 5.10 Å². The molecule has 0 aliphatic rings. The Morgan fingerprint density at radius 2 is 1.61 bits per heavy atom. The number of carbonyl (C=O) groups excluding carboxylic acids is 2. The van der Waals surface area contributed by atoms with Crippen LogP contribution in [0.3, 0.4) is 0 Å². The quantitative estimate of drug-likeness (QED) is 0.105. The highest BCUT2D eigenvalue weighted by Gasteiger charge is 2.13. The average molecular weight is 641 g/mol. The van der Waals surface area contributed by atoms with Gasteiger partial charge in [0, 0.05) is 27.8 Å². The topological polar surface area (TPSA) is 116 Å². The van der Waals surface area contributed by atoms with E-state index in [1.165, 1.54) is 6.21 Å². The molecule has 236 valence electrons. The Kier molecular flexibility index (Phi) is 10.4. The fourth-order valence-corrected chi connectivity index (χ4v) is 4.71. The van der Waals surface area contributed by atoms with E-state index in [-0.39, 0.29) is 24.9 Å². The van der Waals surface area contributed by atoms with Crippen molar-refractivity contribution >= 4 is 35.3 Å². The van der Waals surface area contributed by atoms with Gasteiger partial charge in [0.1, 0.15) is 18.1 Å². The lowest BCUT2D eigenvalue weighted by Crippen LogP contribution is -2.20. The third-order valence-electron chi connectivity index (χ3n) is 6.77. The predicted octanol–water partition coefficient (Wildman–Crippen LogP) is 7.10. The van der Waals surface area contributed by atoms with Crippen molar-refractivity contribution < 1.29 is 28.2 Å². The Morgan fingerprint density at radius 1 is 0.870 bits per heavy atom. The smallest absolute Gasteiger partial charge is 0.307 e. The lowest BCUT2D eigenvalue weighted by molar-refractivity contribution is -0.118. The molecule has 0 bridgehead atoms. The predicted molar refractivity (Wildman–Crippen MR) is 177 cm³/mol. The number of rotatable bonds is 13. The molecular weight excluding hydrogens is 608 g/mol. The van der Waals surface area contributed by atoms with Gasteiger partial charge in [0.2, 0.25) is 0 Å². The maximum Gasteiger partial charge on any atom is 0.307 e. The summed E-state index contributed by atoms with van der Waals surface area (Å²) in [7, 11) is 0. The second kappa shape index (κ2) is 15.0. The van der Waals surface area contributed by atoms with Crippen LogP contribution in [-0.4, -0.2) is 35.8 Å². The first-order valence-corrected chi connectivity index (χ1v) is 14.9. The zero-order chi connectivity index (χ0) is 32.5. The normalized spacial score (nSPS) is 11.0. The minimum Gasteiger partial charge on any atom is -0.490 e. The van der Waals surface area contributed by atoms with E-state index in [1.54, 1.807) is 54.6 Å². The SMILES string of the molecule is CCOc1cc(/C=N/NC(=O)c2ccc(COc3ccc(-n4c(C)ccc4C)cc3)o2)ccc1OCC(=O)Nc1ccc(Cl)cc1. The van der Waals surface area contributed by atoms with Gasteiger partial charge in [0.05, 0.1) is 12.8 Å². The number of hydrogen-bond donors (Lipinski definition) is 2. The number of ether oxygens (including phenoxy) is 3. The Bertz CT molecular complexity index is 1810. The largest absolute Gasteiger partial charge is 0.490 e. The number of anilines is 1. The third kappa shape index (κ3) is 8.36. The maximum absolute atomic E-state index is 12.6. The molecule has 10 nitrogen and oxygen atoms in total. The Labute approximate surface area is 271 Å². The van der Waals surface area contributed by atoms with Crippen LogP contribution in [0.5, 0.6) is 17.2 Å². The second-order valence-electron chi connectivity index (χ2n) is 10.2. The van der Waals surface area contributed by atoms with Gasteiger partial charge in [-0.05, 0) is 117 Å². The molecule has 3 aromatic carbocycles. The van der Waals surface area contributed by atoms with E-state index in [0.29, 0.717) is 45.9 Å². The van der Waals surface area contributed by atoms with Gasteiger partial charge in [0.25, 0.3) is 5.91 Å². The van der Waals surface area contributed by atoms with E-state index in [4.69, 9.17) is 30.2 Å². The fourth-order valence-electron chi connectivity index (χ4n) is 4.59. The zero-order valence-corrected chi connectivity index (χ0v) is 26.3. The number of nitrogens with one attached hydrogen (secondary N) is 2. The van der Waals surface area contributed by atoms with Crippen molar-refractivity contribution in [1.82, 2.24) is 9.99 Å². The minimum absolute atomic E-state index is 0.0975. The second-order valence-corrected chi connectivity index (χ2v) is 10.6. The molecule has 46 heavy (non-hydrogen) atoms. The minimum atomic E-state index is -0.513. The molecule has 5 aromatic rings. The summed E-state index contributed by atoms with van der Waals surface area (Å²) in [5, 5.41) is 7.35. The van der Waals surface area contributed by atoms with E-state index in [9.17, 15) is 9.59 Å². The first-order chi connectivity index (χ1) is 22.3. The van der Waals surface area contributed by atoms with Crippen molar-refractivity contribution in [3.05, 3.63) is 124 Å². The van der Waals surface area contributed by atoms with Crippen LogP contribution in [-0.2, 0) is 11.4 Å². The summed E-state index contributed by atoms with van der Waals surface area (Å²) in [6.07, 6.45) is 1.46. The van der Waals surface area contributed by atoms with Crippen molar-refractivity contribution in [2.45, 2.75) is 27.4 Å². The molecular formula is C35H33ClN4O6.